The lowest BCUT2D eigenvalue weighted by Crippen LogP contribution is -2.41. The molecular weight excluding hydrogens is 398 g/mol. The molecule has 1 aliphatic rings. The van der Waals surface area contributed by atoms with Crippen LogP contribution in [-0.2, 0) is 14.8 Å². The standard InChI is InChI=1S/C18H17ClF2N2O3S/c19-13-1-4-15(5-2-13)22-18(24)12-7-9-23(10-8-12)27(25,26)17-11-14(20)3-6-16(17)21/h1-6,11-12H,7-10H2,(H,22,24). The summed E-state index contributed by atoms with van der Waals surface area (Å²) in [5.74, 6) is -2.41. The van der Waals surface area contributed by atoms with Gasteiger partial charge in [0.2, 0.25) is 15.9 Å². The molecule has 0 bridgehead atoms. The molecule has 0 radical (unpaired) electrons. The molecule has 0 atom stereocenters. The molecule has 1 heterocycles. The molecule has 2 aromatic rings. The average Bonchev–Trinajstić information content (AvgIpc) is 2.65. The second kappa shape index (κ2) is 7.92. The Labute approximate surface area is 161 Å². The number of sulfonamides is 1. The van der Waals surface area contributed by atoms with Crippen molar-refractivity contribution in [3.8, 4) is 0 Å². The molecule has 2 aromatic carbocycles. The summed E-state index contributed by atoms with van der Waals surface area (Å²) in [7, 11) is -4.16. The van der Waals surface area contributed by atoms with Crippen molar-refractivity contribution in [3.05, 3.63) is 59.1 Å². The number of nitrogens with one attached hydrogen (secondary N) is 1. The minimum atomic E-state index is -4.16. The van der Waals surface area contributed by atoms with Gasteiger partial charge < -0.3 is 5.32 Å². The lowest BCUT2D eigenvalue weighted by atomic mass is 9.97. The molecule has 3 rings (SSSR count). The van der Waals surface area contributed by atoms with Crippen molar-refractivity contribution in [3.63, 3.8) is 0 Å². The smallest absolute Gasteiger partial charge is 0.246 e. The molecule has 0 saturated carbocycles. The second-order valence-electron chi connectivity index (χ2n) is 6.25. The number of rotatable bonds is 4. The van der Waals surface area contributed by atoms with Crippen LogP contribution in [0.15, 0.2) is 47.4 Å². The van der Waals surface area contributed by atoms with Gasteiger partial charge in [-0.05, 0) is 55.3 Å². The van der Waals surface area contributed by atoms with Crippen molar-refractivity contribution in [1.82, 2.24) is 4.31 Å². The first kappa shape index (κ1) is 19.7. The van der Waals surface area contributed by atoms with Crippen LogP contribution in [0.25, 0.3) is 0 Å². The Bertz CT molecular complexity index is 944. The van der Waals surface area contributed by atoms with Crippen LogP contribution in [0.5, 0.6) is 0 Å². The highest BCUT2D eigenvalue weighted by atomic mass is 35.5. The van der Waals surface area contributed by atoms with Gasteiger partial charge in [0.25, 0.3) is 0 Å². The second-order valence-corrected chi connectivity index (χ2v) is 8.59. The normalized spacial score (nSPS) is 16.3. The lowest BCUT2D eigenvalue weighted by Gasteiger charge is -2.30. The van der Waals surface area contributed by atoms with E-state index in [1.807, 2.05) is 0 Å². The van der Waals surface area contributed by atoms with Crippen LogP contribution in [0.1, 0.15) is 12.8 Å². The summed E-state index contributed by atoms with van der Waals surface area (Å²) in [6, 6.07) is 8.97. The molecule has 144 valence electrons. The zero-order valence-electron chi connectivity index (χ0n) is 14.2. The van der Waals surface area contributed by atoms with Crippen molar-refractivity contribution in [2.45, 2.75) is 17.7 Å². The van der Waals surface area contributed by atoms with Gasteiger partial charge in [-0.3, -0.25) is 4.79 Å². The van der Waals surface area contributed by atoms with Crippen molar-refractivity contribution in [2.24, 2.45) is 5.92 Å². The van der Waals surface area contributed by atoms with Crippen LogP contribution in [0, 0.1) is 17.6 Å². The Balaban J connectivity index is 1.65. The third-order valence-corrected chi connectivity index (χ3v) is 6.61. The number of anilines is 1. The number of hydrogen-bond acceptors (Lipinski definition) is 3. The van der Waals surface area contributed by atoms with Crippen molar-refractivity contribution in [2.75, 3.05) is 18.4 Å². The van der Waals surface area contributed by atoms with Gasteiger partial charge in [0.15, 0.2) is 0 Å². The van der Waals surface area contributed by atoms with Gasteiger partial charge in [0, 0.05) is 29.7 Å². The molecule has 1 N–H and O–H groups in total. The fourth-order valence-corrected chi connectivity index (χ4v) is 4.62. The quantitative estimate of drug-likeness (QED) is 0.830. The summed E-state index contributed by atoms with van der Waals surface area (Å²) < 4.78 is 53.4. The Hall–Kier alpha value is -2.03. The van der Waals surface area contributed by atoms with Crippen LogP contribution in [-0.4, -0.2) is 31.7 Å². The number of nitrogens with zero attached hydrogens (tertiary/aromatic N) is 1. The number of hydrogen-bond donors (Lipinski definition) is 1. The van der Waals surface area contributed by atoms with E-state index >= 15 is 0 Å². The maximum Gasteiger partial charge on any atom is 0.246 e. The molecular formula is C18H17ClF2N2O3S. The summed E-state index contributed by atoms with van der Waals surface area (Å²) in [6.07, 6.45) is 0.575. The van der Waals surface area contributed by atoms with E-state index in [0.29, 0.717) is 16.8 Å². The molecule has 0 aliphatic carbocycles. The topological polar surface area (TPSA) is 66.5 Å². The SMILES string of the molecule is O=C(Nc1ccc(Cl)cc1)C1CCN(S(=O)(=O)c2cc(F)ccc2F)CC1. The Morgan fingerprint density at radius 1 is 1.07 bits per heavy atom. The Kier molecular flexibility index (Phi) is 5.78. The van der Waals surface area contributed by atoms with E-state index in [4.69, 9.17) is 11.6 Å². The third kappa shape index (κ3) is 4.45. The Morgan fingerprint density at radius 3 is 2.33 bits per heavy atom. The maximum atomic E-state index is 13.8. The lowest BCUT2D eigenvalue weighted by molar-refractivity contribution is -0.120. The minimum Gasteiger partial charge on any atom is -0.326 e. The van der Waals surface area contributed by atoms with Gasteiger partial charge in [-0.15, -0.1) is 0 Å². The first-order valence-corrected chi connectivity index (χ1v) is 10.1. The summed E-state index contributed by atoms with van der Waals surface area (Å²) in [5, 5.41) is 3.32. The molecule has 5 nitrogen and oxygen atoms in total. The van der Waals surface area contributed by atoms with E-state index in [2.05, 4.69) is 5.32 Å². The van der Waals surface area contributed by atoms with E-state index in [1.165, 1.54) is 0 Å². The average molecular weight is 415 g/mol. The third-order valence-electron chi connectivity index (χ3n) is 4.45. The van der Waals surface area contributed by atoms with Crippen LogP contribution in [0.4, 0.5) is 14.5 Å². The van der Waals surface area contributed by atoms with Gasteiger partial charge in [-0.25, -0.2) is 17.2 Å². The maximum absolute atomic E-state index is 13.8. The number of piperidine rings is 1. The molecule has 1 amide bonds. The zero-order valence-corrected chi connectivity index (χ0v) is 15.7. The van der Waals surface area contributed by atoms with Crippen molar-refractivity contribution in [1.29, 1.82) is 0 Å². The van der Waals surface area contributed by atoms with Crippen molar-refractivity contribution < 1.29 is 22.0 Å². The minimum absolute atomic E-state index is 0.0526. The van der Waals surface area contributed by atoms with E-state index in [0.717, 1.165) is 16.4 Å². The number of benzene rings is 2. The summed E-state index contributed by atoms with van der Waals surface area (Å²) in [5.41, 5.74) is 0.598. The highest BCUT2D eigenvalue weighted by Gasteiger charge is 2.33. The van der Waals surface area contributed by atoms with Gasteiger partial charge in [0.1, 0.15) is 16.5 Å². The van der Waals surface area contributed by atoms with Crippen molar-refractivity contribution >= 4 is 33.2 Å². The van der Waals surface area contributed by atoms with Crippen LogP contribution in [0.3, 0.4) is 0 Å². The first-order chi connectivity index (χ1) is 12.8. The predicted octanol–water partition coefficient (Wildman–Crippen LogP) is 3.66. The largest absolute Gasteiger partial charge is 0.326 e. The number of carbonyl (C=O) groups is 1. The fourth-order valence-electron chi connectivity index (χ4n) is 2.95. The van der Waals surface area contributed by atoms with Crippen LogP contribution in [0.2, 0.25) is 5.02 Å². The zero-order chi connectivity index (χ0) is 19.6. The van der Waals surface area contributed by atoms with E-state index in [-0.39, 0.29) is 37.8 Å². The Morgan fingerprint density at radius 2 is 1.70 bits per heavy atom. The van der Waals surface area contributed by atoms with Gasteiger partial charge in [-0.2, -0.15) is 4.31 Å². The van der Waals surface area contributed by atoms with Gasteiger partial charge in [0.05, 0.1) is 0 Å². The molecule has 0 aromatic heterocycles. The van der Waals surface area contributed by atoms with Crippen LogP contribution < -0.4 is 5.32 Å². The van der Waals surface area contributed by atoms with Crippen LogP contribution >= 0.6 is 11.6 Å². The summed E-state index contributed by atoms with van der Waals surface area (Å²) in [6.45, 7) is 0.105. The number of amides is 1. The predicted molar refractivity (Wildman–Crippen MR) is 97.9 cm³/mol. The highest BCUT2D eigenvalue weighted by molar-refractivity contribution is 7.89. The molecule has 1 aliphatic heterocycles. The van der Waals surface area contributed by atoms with Gasteiger partial charge >= 0.3 is 0 Å². The number of halogens is 3. The van der Waals surface area contributed by atoms with E-state index in [9.17, 15) is 22.0 Å². The summed E-state index contributed by atoms with van der Waals surface area (Å²) in [4.78, 5) is 11.7. The molecule has 0 unspecified atom stereocenters. The summed E-state index contributed by atoms with van der Waals surface area (Å²) >= 11 is 5.80. The monoisotopic (exact) mass is 414 g/mol. The molecule has 9 heteroatoms. The number of carbonyl (C=O) groups excluding carboxylic acids is 1. The molecule has 1 fully saturated rings. The fraction of sp³-hybridized carbons (Fsp3) is 0.278. The van der Waals surface area contributed by atoms with E-state index < -0.39 is 26.6 Å². The first-order valence-electron chi connectivity index (χ1n) is 8.29. The molecule has 27 heavy (non-hydrogen) atoms. The van der Waals surface area contributed by atoms with E-state index in [1.54, 1.807) is 24.3 Å². The van der Waals surface area contributed by atoms with Gasteiger partial charge in [-0.1, -0.05) is 11.6 Å². The highest BCUT2D eigenvalue weighted by Crippen LogP contribution is 2.27. The molecule has 1 saturated heterocycles. The molecule has 0 spiro atoms.